The molecule has 0 N–H and O–H groups in total. The van der Waals surface area contributed by atoms with E-state index >= 15 is 0 Å². The lowest BCUT2D eigenvalue weighted by atomic mass is 9.86. The second-order valence-electron chi connectivity index (χ2n) is 9.85. The van der Waals surface area contributed by atoms with Crippen LogP contribution in [-0.2, 0) is 4.79 Å². The predicted octanol–water partition coefficient (Wildman–Crippen LogP) is 6.83. The third-order valence-corrected chi connectivity index (χ3v) is 7.48. The number of aryl methyl sites for hydroxylation is 2. The van der Waals surface area contributed by atoms with Gasteiger partial charge in [-0.2, -0.15) is 0 Å². The van der Waals surface area contributed by atoms with E-state index in [4.69, 9.17) is 4.74 Å². The van der Waals surface area contributed by atoms with Crippen molar-refractivity contribution in [1.29, 1.82) is 0 Å². The standard InChI is InChI=1S/C29H34N2O3S/c1-7-12-31-25-15-20(3)22(16-24(25)21(4)18-29(31,5)6)17-26-27(32)30(28(33)35-26)13-14-34-23-10-8-19(2)9-11-23/h8-11,15-18H,7,12-14H2,1-6H3/b26-17+. The van der Waals surface area contributed by atoms with Gasteiger partial charge in [-0.25, -0.2) is 0 Å². The highest BCUT2D eigenvalue weighted by Crippen LogP contribution is 2.41. The number of carbonyl (C=O) groups is 2. The third kappa shape index (κ3) is 5.18. The molecule has 1 saturated heterocycles. The lowest BCUT2D eigenvalue weighted by molar-refractivity contribution is -0.123. The average molecular weight is 491 g/mol. The van der Waals surface area contributed by atoms with Gasteiger partial charge in [0.25, 0.3) is 11.1 Å². The fourth-order valence-corrected chi connectivity index (χ4v) is 5.61. The normalized spacial score (nSPS) is 18.2. The van der Waals surface area contributed by atoms with Gasteiger partial charge in [-0.3, -0.25) is 14.5 Å². The number of fused-ring (bicyclic) bond motifs is 1. The molecule has 35 heavy (non-hydrogen) atoms. The van der Waals surface area contributed by atoms with Gasteiger partial charge in [0.2, 0.25) is 0 Å². The Hall–Kier alpha value is -2.99. The van der Waals surface area contributed by atoms with Crippen molar-refractivity contribution in [2.75, 3.05) is 24.6 Å². The largest absolute Gasteiger partial charge is 0.492 e. The maximum Gasteiger partial charge on any atom is 0.293 e. The number of thioether (sulfide) groups is 1. The van der Waals surface area contributed by atoms with Crippen LogP contribution in [0.3, 0.4) is 0 Å². The van der Waals surface area contributed by atoms with Crippen LogP contribution in [0.4, 0.5) is 10.5 Å². The summed E-state index contributed by atoms with van der Waals surface area (Å²) in [5, 5.41) is -0.253. The maximum absolute atomic E-state index is 13.0. The first kappa shape index (κ1) is 25.1. The summed E-state index contributed by atoms with van der Waals surface area (Å²) in [4.78, 5) is 29.8. The summed E-state index contributed by atoms with van der Waals surface area (Å²) in [7, 11) is 0. The maximum atomic E-state index is 13.0. The van der Waals surface area contributed by atoms with Crippen LogP contribution in [0.5, 0.6) is 5.75 Å². The van der Waals surface area contributed by atoms with E-state index in [2.05, 4.69) is 57.7 Å². The molecule has 1 fully saturated rings. The van der Waals surface area contributed by atoms with Crippen LogP contribution in [-0.4, -0.2) is 41.3 Å². The number of benzene rings is 2. The molecule has 2 amide bonds. The van der Waals surface area contributed by atoms with E-state index in [0.29, 0.717) is 4.91 Å². The van der Waals surface area contributed by atoms with Gasteiger partial charge >= 0.3 is 0 Å². The van der Waals surface area contributed by atoms with Crippen LogP contribution in [0.1, 0.15) is 56.4 Å². The Bertz CT molecular complexity index is 1210. The third-order valence-electron chi connectivity index (χ3n) is 6.58. The van der Waals surface area contributed by atoms with Gasteiger partial charge < -0.3 is 9.64 Å². The minimum atomic E-state index is -0.259. The van der Waals surface area contributed by atoms with Crippen LogP contribution in [0.15, 0.2) is 47.4 Å². The number of amides is 2. The lowest BCUT2D eigenvalue weighted by Crippen LogP contribution is -2.45. The molecule has 0 spiro atoms. The Labute approximate surface area is 212 Å². The molecule has 2 heterocycles. The van der Waals surface area contributed by atoms with E-state index in [-0.39, 0.29) is 29.8 Å². The van der Waals surface area contributed by atoms with E-state index in [0.717, 1.165) is 47.2 Å². The second kappa shape index (κ2) is 9.94. The van der Waals surface area contributed by atoms with Gasteiger partial charge in [0, 0.05) is 17.8 Å². The first-order valence-corrected chi connectivity index (χ1v) is 13.0. The SMILES string of the molecule is CCCN1c2cc(C)c(/C=C3/SC(=O)N(CCOc4ccc(C)cc4)C3=O)cc2C(C)=CC1(C)C. The molecule has 5 nitrogen and oxygen atoms in total. The van der Waals surface area contributed by atoms with Crippen LogP contribution < -0.4 is 9.64 Å². The number of hydrogen-bond donors (Lipinski definition) is 0. The van der Waals surface area contributed by atoms with E-state index < -0.39 is 0 Å². The zero-order valence-corrected chi connectivity index (χ0v) is 22.3. The Kier molecular flexibility index (Phi) is 7.13. The van der Waals surface area contributed by atoms with Gasteiger partial charge in [-0.05, 0) is 99.8 Å². The Morgan fingerprint density at radius 2 is 1.74 bits per heavy atom. The molecular weight excluding hydrogens is 456 g/mol. The molecule has 0 bridgehead atoms. The molecule has 4 rings (SSSR count). The molecule has 2 aliphatic rings. The summed E-state index contributed by atoms with van der Waals surface area (Å²) in [5.41, 5.74) is 6.79. The number of hydrogen-bond acceptors (Lipinski definition) is 5. The van der Waals surface area contributed by atoms with Gasteiger partial charge in [-0.1, -0.05) is 30.7 Å². The zero-order chi connectivity index (χ0) is 25.3. The number of ether oxygens (including phenoxy) is 1. The highest BCUT2D eigenvalue weighted by Gasteiger charge is 2.35. The summed E-state index contributed by atoms with van der Waals surface area (Å²) in [6.45, 7) is 14.4. The summed E-state index contributed by atoms with van der Waals surface area (Å²) in [6, 6.07) is 12.1. The molecule has 2 aromatic carbocycles. The van der Waals surface area contributed by atoms with Crippen molar-refractivity contribution in [1.82, 2.24) is 4.90 Å². The molecule has 184 valence electrons. The number of allylic oxidation sites excluding steroid dienone is 1. The van der Waals surface area contributed by atoms with Crippen LogP contribution >= 0.6 is 11.8 Å². The number of anilines is 1. The monoisotopic (exact) mass is 490 g/mol. The Morgan fingerprint density at radius 1 is 1.03 bits per heavy atom. The molecular formula is C29H34N2O3S. The molecule has 0 saturated carbocycles. The first-order chi connectivity index (χ1) is 16.6. The van der Waals surface area contributed by atoms with Crippen molar-refractivity contribution in [3.05, 3.63) is 69.6 Å². The highest BCUT2D eigenvalue weighted by molar-refractivity contribution is 8.18. The van der Waals surface area contributed by atoms with E-state index in [9.17, 15) is 9.59 Å². The van der Waals surface area contributed by atoms with Gasteiger partial charge in [-0.15, -0.1) is 0 Å². The first-order valence-electron chi connectivity index (χ1n) is 12.2. The predicted molar refractivity (Wildman–Crippen MR) is 146 cm³/mol. The average Bonchev–Trinajstić information content (AvgIpc) is 3.06. The van der Waals surface area contributed by atoms with Gasteiger partial charge in [0.15, 0.2) is 0 Å². The zero-order valence-electron chi connectivity index (χ0n) is 21.5. The molecule has 2 aliphatic heterocycles. The van der Waals surface area contributed by atoms with Crippen molar-refractivity contribution < 1.29 is 14.3 Å². The van der Waals surface area contributed by atoms with Gasteiger partial charge in [0.05, 0.1) is 17.0 Å². The molecule has 6 heteroatoms. The number of carbonyl (C=O) groups excluding carboxylic acids is 2. The van der Waals surface area contributed by atoms with Crippen molar-refractivity contribution in [3.8, 4) is 5.75 Å². The van der Waals surface area contributed by atoms with Crippen molar-refractivity contribution in [3.63, 3.8) is 0 Å². The van der Waals surface area contributed by atoms with Crippen molar-refractivity contribution in [2.24, 2.45) is 0 Å². The minimum absolute atomic E-state index is 0.0512. The fraction of sp³-hybridized carbons (Fsp3) is 0.379. The van der Waals surface area contributed by atoms with E-state index in [1.165, 1.54) is 21.7 Å². The molecule has 0 aromatic heterocycles. The number of nitrogens with zero attached hydrogens (tertiary/aromatic N) is 2. The molecule has 0 aliphatic carbocycles. The quantitative estimate of drug-likeness (QED) is 0.398. The topological polar surface area (TPSA) is 49.9 Å². The Balaban J connectivity index is 1.53. The molecule has 0 unspecified atom stereocenters. The lowest BCUT2D eigenvalue weighted by Gasteiger charge is -2.43. The summed E-state index contributed by atoms with van der Waals surface area (Å²) < 4.78 is 5.73. The number of rotatable bonds is 7. The highest BCUT2D eigenvalue weighted by atomic mass is 32.2. The molecule has 2 aromatic rings. The van der Waals surface area contributed by atoms with Gasteiger partial charge in [0.1, 0.15) is 12.4 Å². The van der Waals surface area contributed by atoms with Crippen molar-refractivity contribution in [2.45, 2.75) is 53.5 Å². The van der Waals surface area contributed by atoms with Crippen LogP contribution in [0.2, 0.25) is 0 Å². The molecule has 0 radical (unpaired) electrons. The minimum Gasteiger partial charge on any atom is -0.492 e. The van der Waals surface area contributed by atoms with E-state index in [1.54, 1.807) is 0 Å². The smallest absolute Gasteiger partial charge is 0.293 e. The fourth-order valence-electron chi connectivity index (χ4n) is 4.76. The van der Waals surface area contributed by atoms with Crippen LogP contribution in [0, 0.1) is 13.8 Å². The Morgan fingerprint density at radius 3 is 2.43 bits per heavy atom. The summed E-state index contributed by atoms with van der Waals surface area (Å²) in [6.07, 6.45) is 5.24. The molecule has 0 atom stereocenters. The van der Waals surface area contributed by atoms with E-state index in [1.807, 2.05) is 37.3 Å². The van der Waals surface area contributed by atoms with Crippen molar-refractivity contribution >= 4 is 40.2 Å². The summed E-state index contributed by atoms with van der Waals surface area (Å²) >= 11 is 0.998. The number of imide groups is 1. The summed E-state index contributed by atoms with van der Waals surface area (Å²) in [5.74, 6) is 0.470. The van der Waals surface area contributed by atoms with Crippen LogP contribution in [0.25, 0.3) is 11.6 Å². The second-order valence-corrected chi connectivity index (χ2v) is 10.8.